The maximum Gasteiger partial charge on any atom is 0.186 e. The lowest BCUT2D eigenvalue weighted by molar-refractivity contribution is 0.423. The summed E-state index contributed by atoms with van der Waals surface area (Å²) in [6, 6.07) is 8.34. The van der Waals surface area contributed by atoms with Crippen LogP contribution >= 0.6 is 11.3 Å². The third-order valence-electron chi connectivity index (χ3n) is 3.41. The molecule has 4 heteroatoms. The molecule has 0 aliphatic carbocycles. The Morgan fingerprint density at radius 2 is 2.29 bits per heavy atom. The van der Waals surface area contributed by atoms with E-state index in [2.05, 4.69) is 23.1 Å². The molecule has 1 saturated heterocycles. The molecule has 0 spiro atoms. The van der Waals surface area contributed by atoms with Crippen LogP contribution in [-0.4, -0.2) is 24.6 Å². The summed E-state index contributed by atoms with van der Waals surface area (Å²) >= 11 is 1.79. The monoisotopic (exact) mass is 247 g/mol. The van der Waals surface area contributed by atoms with Gasteiger partial charge in [-0.3, -0.25) is 0 Å². The number of aromatic nitrogens is 1. The number of rotatable bonds is 2. The molecule has 1 fully saturated rings. The van der Waals surface area contributed by atoms with Gasteiger partial charge in [0.2, 0.25) is 0 Å². The number of benzene rings is 1. The summed E-state index contributed by atoms with van der Waals surface area (Å²) in [5.74, 6) is 0.635. The minimum absolute atomic E-state index is 0.635. The van der Waals surface area contributed by atoms with Gasteiger partial charge in [-0.05, 0) is 37.4 Å². The fraction of sp³-hybridized carbons (Fsp3) is 0.462. The molecule has 90 valence electrons. The van der Waals surface area contributed by atoms with E-state index in [0.717, 1.165) is 30.3 Å². The van der Waals surface area contributed by atoms with Crippen LogP contribution in [0.2, 0.25) is 0 Å². The predicted molar refractivity (Wildman–Crippen MR) is 73.6 cm³/mol. The van der Waals surface area contributed by atoms with Crippen molar-refractivity contribution in [2.75, 3.05) is 24.5 Å². The lowest BCUT2D eigenvalue weighted by Gasteiger charge is -2.31. The maximum atomic E-state index is 5.77. The van der Waals surface area contributed by atoms with Gasteiger partial charge in [0, 0.05) is 13.1 Å². The Labute approximate surface area is 105 Å². The maximum absolute atomic E-state index is 5.77. The van der Waals surface area contributed by atoms with Crippen molar-refractivity contribution in [1.29, 1.82) is 0 Å². The summed E-state index contributed by atoms with van der Waals surface area (Å²) in [5.41, 5.74) is 6.89. The zero-order valence-corrected chi connectivity index (χ0v) is 10.6. The summed E-state index contributed by atoms with van der Waals surface area (Å²) in [6.07, 6.45) is 2.50. The van der Waals surface area contributed by atoms with Gasteiger partial charge in [0.05, 0.1) is 10.2 Å². The SMILES string of the molecule is NC[C@@H]1CCCN(c2nc3ccccc3s2)C1. The Morgan fingerprint density at radius 1 is 1.41 bits per heavy atom. The number of piperidine rings is 1. The first-order chi connectivity index (χ1) is 8.36. The van der Waals surface area contributed by atoms with Crippen LogP contribution in [0.5, 0.6) is 0 Å². The lowest BCUT2D eigenvalue weighted by atomic mass is 9.99. The van der Waals surface area contributed by atoms with Crippen LogP contribution in [0.15, 0.2) is 24.3 Å². The van der Waals surface area contributed by atoms with Crippen molar-refractivity contribution in [3.63, 3.8) is 0 Å². The molecule has 0 amide bonds. The van der Waals surface area contributed by atoms with Crippen LogP contribution in [0.4, 0.5) is 5.13 Å². The summed E-state index contributed by atoms with van der Waals surface area (Å²) in [5, 5.41) is 1.16. The van der Waals surface area contributed by atoms with Crippen molar-refractivity contribution >= 4 is 26.7 Å². The van der Waals surface area contributed by atoms with E-state index < -0.39 is 0 Å². The fourth-order valence-electron chi connectivity index (χ4n) is 2.43. The molecule has 17 heavy (non-hydrogen) atoms. The number of nitrogens with two attached hydrogens (primary N) is 1. The van der Waals surface area contributed by atoms with Crippen LogP contribution in [-0.2, 0) is 0 Å². The highest BCUT2D eigenvalue weighted by Crippen LogP contribution is 2.31. The summed E-state index contributed by atoms with van der Waals surface area (Å²) in [7, 11) is 0. The Kier molecular flexibility index (Phi) is 2.99. The van der Waals surface area contributed by atoms with Gasteiger partial charge < -0.3 is 10.6 Å². The van der Waals surface area contributed by atoms with E-state index in [1.54, 1.807) is 11.3 Å². The molecule has 1 aromatic heterocycles. The first-order valence-corrected chi connectivity index (χ1v) is 6.99. The van der Waals surface area contributed by atoms with Crippen molar-refractivity contribution in [2.24, 2.45) is 11.7 Å². The summed E-state index contributed by atoms with van der Waals surface area (Å²) < 4.78 is 1.28. The quantitative estimate of drug-likeness (QED) is 0.886. The minimum atomic E-state index is 0.635. The number of para-hydroxylation sites is 1. The van der Waals surface area contributed by atoms with Gasteiger partial charge in [0.1, 0.15) is 0 Å². The second kappa shape index (κ2) is 4.63. The highest BCUT2D eigenvalue weighted by Gasteiger charge is 2.21. The highest BCUT2D eigenvalue weighted by molar-refractivity contribution is 7.22. The zero-order valence-electron chi connectivity index (χ0n) is 9.80. The van der Waals surface area contributed by atoms with Crippen molar-refractivity contribution in [1.82, 2.24) is 4.98 Å². The first kappa shape index (κ1) is 11.0. The summed E-state index contributed by atoms with van der Waals surface area (Å²) in [6.45, 7) is 2.98. The molecule has 0 bridgehead atoms. The van der Waals surface area contributed by atoms with Gasteiger partial charge >= 0.3 is 0 Å². The molecule has 0 saturated carbocycles. The molecule has 0 radical (unpaired) electrons. The average Bonchev–Trinajstić information content (AvgIpc) is 2.82. The van der Waals surface area contributed by atoms with Gasteiger partial charge in [-0.1, -0.05) is 23.5 Å². The molecule has 2 N–H and O–H groups in total. The van der Waals surface area contributed by atoms with Crippen LogP contribution < -0.4 is 10.6 Å². The van der Waals surface area contributed by atoms with Gasteiger partial charge in [0.25, 0.3) is 0 Å². The van der Waals surface area contributed by atoms with Crippen molar-refractivity contribution in [3.8, 4) is 0 Å². The second-order valence-electron chi connectivity index (χ2n) is 4.65. The fourth-order valence-corrected chi connectivity index (χ4v) is 3.43. The Morgan fingerprint density at radius 3 is 3.12 bits per heavy atom. The van der Waals surface area contributed by atoms with E-state index in [0.29, 0.717) is 5.92 Å². The van der Waals surface area contributed by atoms with E-state index in [9.17, 15) is 0 Å². The molecular weight excluding hydrogens is 230 g/mol. The molecule has 2 aromatic rings. The van der Waals surface area contributed by atoms with E-state index >= 15 is 0 Å². The number of hydrogen-bond donors (Lipinski definition) is 1. The smallest absolute Gasteiger partial charge is 0.186 e. The number of fused-ring (bicyclic) bond motifs is 1. The lowest BCUT2D eigenvalue weighted by Crippen LogP contribution is -2.38. The van der Waals surface area contributed by atoms with Crippen LogP contribution in [0.25, 0.3) is 10.2 Å². The van der Waals surface area contributed by atoms with Gasteiger partial charge in [-0.15, -0.1) is 0 Å². The van der Waals surface area contributed by atoms with E-state index in [-0.39, 0.29) is 0 Å². The van der Waals surface area contributed by atoms with Gasteiger partial charge in [-0.2, -0.15) is 0 Å². The second-order valence-corrected chi connectivity index (χ2v) is 5.66. The Bertz CT molecular complexity index is 475. The van der Waals surface area contributed by atoms with E-state index in [1.807, 2.05) is 6.07 Å². The van der Waals surface area contributed by atoms with Crippen molar-refractivity contribution < 1.29 is 0 Å². The largest absolute Gasteiger partial charge is 0.348 e. The number of anilines is 1. The number of hydrogen-bond acceptors (Lipinski definition) is 4. The molecule has 0 unspecified atom stereocenters. The number of thiazole rings is 1. The predicted octanol–water partition coefficient (Wildman–Crippen LogP) is 2.47. The third kappa shape index (κ3) is 2.15. The highest BCUT2D eigenvalue weighted by atomic mass is 32.1. The molecule has 1 aromatic carbocycles. The Balaban J connectivity index is 1.87. The summed E-state index contributed by atoms with van der Waals surface area (Å²) in [4.78, 5) is 7.10. The standard InChI is InChI=1S/C13H17N3S/c14-8-10-4-3-7-16(9-10)13-15-11-5-1-2-6-12(11)17-13/h1-2,5-6,10H,3-4,7-9,14H2/t10-/m0/s1. The van der Waals surface area contributed by atoms with Gasteiger partial charge in [-0.25, -0.2) is 4.98 Å². The molecular formula is C13H17N3S. The van der Waals surface area contributed by atoms with Crippen LogP contribution in [0.3, 0.4) is 0 Å². The van der Waals surface area contributed by atoms with Crippen molar-refractivity contribution in [3.05, 3.63) is 24.3 Å². The molecule has 3 nitrogen and oxygen atoms in total. The zero-order chi connectivity index (χ0) is 11.7. The van der Waals surface area contributed by atoms with E-state index in [4.69, 9.17) is 10.7 Å². The molecule has 1 aliphatic rings. The minimum Gasteiger partial charge on any atom is -0.348 e. The first-order valence-electron chi connectivity index (χ1n) is 6.17. The number of nitrogens with zero attached hydrogens (tertiary/aromatic N) is 2. The van der Waals surface area contributed by atoms with E-state index in [1.165, 1.54) is 17.5 Å². The van der Waals surface area contributed by atoms with Crippen LogP contribution in [0, 0.1) is 5.92 Å². The van der Waals surface area contributed by atoms with Crippen LogP contribution in [0.1, 0.15) is 12.8 Å². The third-order valence-corrected chi connectivity index (χ3v) is 4.50. The normalized spacial score (nSPS) is 21.0. The Hall–Kier alpha value is -1.13. The van der Waals surface area contributed by atoms with Gasteiger partial charge in [0.15, 0.2) is 5.13 Å². The average molecular weight is 247 g/mol. The molecule has 2 heterocycles. The molecule has 3 rings (SSSR count). The molecule has 1 atom stereocenters. The van der Waals surface area contributed by atoms with Crippen molar-refractivity contribution in [2.45, 2.75) is 12.8 Å². The molecule has 1 aliphatic heterocycles. The topological polar surface area (TPSA) is 42.1 Å².